The van der Waals surface area contributed by atoms with Crippen molar-refractivity contribution in [2.75, 3.05) is 47.6 Å². The maximum atomic E-state index is 5.44. The lowest BCUT2D eigenvalue weighted by Crippen LogP contribution is -2.39. The average molecular weight is 307 g/mol. The van der Waals surface area contributed by atoms with Gasteiger partial charge in [-0.15, -0.1) is 0 Å². The maximum Gasteiger partial charge on any atom is 0.193 e. The smallest absolute Gasteiger partial charge is 0.193 e. The van der Waals surface area contributed by atoms with E-state index in [1.807, 2.05) is 7.05 Å². The Bertz CT molecular complexity index is 449. The summed E-state index contributed by atoms with van der Waals surface area (Å²) < 4.78 is 10.4. The summed E-state index contributed by atoms with van der Waals surface area (Å²) in [5, 5.41) is 3.36. The van der Waals surface area contributed by atoms with Crippen LogP contribution in [0.4, 0.5) is 0 Å². The minimum atomic E-state index is 0.647. The molecule has 0 aliphatic rings. The molecule has 0 unspecified atom stereocenters. The number of aryl methyl sites for hydroxylation is 1. The van der Waals surface area contributed by atoms with Crippen LogP contribution >= 0.6 is 0 Å². The van der Waals surface area contributed by atoms with Crippen molar-refractivity contribution in [2.24, 2.45) is 4.99 Å². The van der Waals surface area contributed by atoms with Crippen molar-refractivity contribution in [1.82, 2.24) is 10.2 Å². The van der Waals surface area contributed by atoms with Gasteiger partial charge in [0.15, 0.2) is 5.96 Å². The zero-order valence-corrected chi connectivity index (χ0v) is 14.3. The van der Waals surface area contributed by atoms with E-state index in [4.69, 9.17) is 9.47 Å². The third-order valence-corrected chi connectivity index (χ3v) is 3.42. The van der Waals surface area contributed by atoms with Crippen LogP contribution in [0.3, 0.4) is 0 Å². The molecule has 22 heavy (non-hydrogen) atoms. The number of hydrogen-bond acceptors (Lipinski definition) is 3. The van der Waals surface area contributed by atoms with Gasteiger partial charge in [0.1, 0.15) is 0 Å². The van der Waals surface area contributed by atoms with Gasteiger partial charge < -0.3 is 19.7 Å². The Morgan fingerprint density at radius 3 is 2.68 bits per heavy atom. The fourth-order valence-electron chi connectivity index (χ4n) is 2.12. The second-order valence-electron chi connectivity index (χ2n) is 5.22. The molecule has 5 nitrogen and oxygen atoms in total. The number of nitrogens with zero attached hydrogens (tertiary/aromatic N) is 2. The van der Waals surface area contributed by atoms with Crippen molar-refractivity contribution in [3.63, 3.8) is 0 Å². The second-order valence-corrected chi connectivity index (χ2v) is 5.22. The van der Waals surface area contributed by atoms with E-state index in [1.165, 1.54) is 11.1 Å². The Labute approximate surface area is 134 Å². The van der Waals surface area contributed by atoms with Crippen LogP contribution in [0.15, 0.2) is 29.3 Å². The fraction of sp³-hybridized carbons (Fsp3) is 0.588. The molecule has 0 bridgehead atoms. The molecule has 124 valence electrons. The molecule has 0 aliphatic carbocycles. The lowest BCUT2D eigenvalue weighted by molar-refractivity contribution is 0.0698. The van der Waals surface area contributed by atoms with Crippen LogP contribution in [-0.2, 0) is 16.0 Å². The highest BCUT2D eigenvalue weighted by molar-refractivity contribution is 5.79. The van der Waals surface area contributed by atoms with E-state index in [-0.39, 0.29) is 0 Å². The van der Waals surface area contributed by atoms with Crippen LogP contribution in [0.5, 0.6) is 0 Å². The summed E-state index contributed by atoms with van der Waals surface area (Å²) in [6.07, 6.45) is 0.945. The van der Waals surface area contributed by atoms with E-state index >= 15 is 0 Å². The van der Waals surface area contributed by atoms with Crippen molar-refractivity contribution >= 4 is 5.96 Å². The molecule has 0 saturated carbocycles. The molecule has 0 aliphatic heterocycles. The molecule has 5 heteroatoms. The number of nitrogens with one attached hydrogen (secondary N) is 1. The first-order valence-electron chi connectivity index (χ1n) is 7.72. The first-order chi connectivity index (χ1) is 10.7. The van der Waals surface area contributed by atoms with E-state index in [0.29, 0.717) is 13.2 Å². The lowest BCUT2D eigenvalue weighted by atomic mass is 10.1. The van der Waals surface area contributed by atoms with Gasteiger partial charge in [-0.2, -0.15) is 0 Å². The Hall–Kier alpha value is -1.59. The monoisotopic (exact) mass is 307 g/mol. The quantitative estimate of drug-likeness (QED) is 0.431. The molecule has 1 aromatic carbocycles. The Morgan fingerprint density at radius 2 is 2.00 bits per heavy atom. The largest absolute Gasteiger partial charge is 0.382 e. The summed E-state index contributed by atoms with van der Waals surface area (Å²) in [6.45, 7) is 5.85. The van der Waals surface area contributed by atoms with Crippen molar-refractivity contribution in [1.29, 1.82) is 0 Å². The van der Waals surface area contributed by atoms with E-state index in [2.05, 4.69) is 53.4 Å². The third-order valence-electron chi connectivity index (χ3n) is 3.42. The van der Waals surface area contributed by atoms with Gasteiger partial charge in [-0.05, 0) is 24.5 Å². The summed E-state index contributed by atoms with van der Waals surface area (Å²) >= 11 is 0. The van der Waals surface area contributed by atoms with E-state index < -0.39 is 0 Å². The molecule has 0 amide bonds. The van der Waals surface area contributed by atoms with Gasteiger partial charge in [-0.1, -0.05) is 24.3 Å². The molecular formula is C17H29N3O2. The SMILES string of the molecule is CN=C(NCCCOCCOC)N(C)Cc1ccccc1C. The molecule has 0 radical (unpaired) electrons. The topological polar surface area (TPSA) is 46.1 Å². The number of benzene rings is 1. The van der Waals surface area contributed by atoms with Gasteiger partial charge in [-0.3, -0.25) is 4.99 Å². The van der Waals surface area contributed by atoms with Gasteiger partial charge in [-0.25, -0.2) is 0 Å². The predicted octanol–water partition coefficient (Wildman–Crippen LogP) is 2.06. The molecule has 0 fully saturated rings. The minimum Gasteiger partial charge on any atom is -0.382 e. The summed E-state index contributed by atoms with van der Waals surface area (Å²) in [4.78, 5) is 6.46. The van der Waals surface area contributed by atoms with Crippen LogP contribution in [-0.4, -0.2) is 58.4 Å². The van der Waals surface area contributed by atoms with Crippen LogP contribution < -0.4 is 5.32 Å². The summed E-state index contributed by atoms with van der Waals surface area (Å²) in [5.41, 5.74) is 2.62. The molecular weight excluding hydrogens is 278 g/mol. The highest BCUT2D eigenvalue weighted by atomic mass is 16.5. The molecule has 0 saturated heterocycles. The highest BCUT2D eigenvalue weighted by Crippen LogP contribution is 2.09. The number of aliphatic imine (C=N–C) groups is 1. The van der Waals surface area contributed by atoms with Crippen molar-refractivity contribution in [3.05, 3.63) is 35.4 Å². The molecule has 1 rings (SSSR count). The first-order valence-corrected chi connectivity index (χ1v) is 7.72. The van der Waals surface area contributed by atoms with Crippen molar-refractivity contribution in [3.8, 4) is 0 Å². The highest BCUT2D eigenvalue weighted by Gasteiger charge is 2.07. The number of rotatable bonds is 9. The normalized spacial score (nSPS) is 11.5. The standard InChI is InChI=1S/C17H29N3O2/c1-15-8-5-6-9-16(15)14-20(3)17(18-2)19-10-7-11-22-13-12-21-4/h5-6,8-9H,7,10-14H2,1-4H3,(H,18,19). The van der Waals surface area contributed by atoms with Crippen LogP contribution in [0.2, 0.25) is 0 Å². The van der Waals surface area contributed by atoms with Crippen LogP contribution in [0.1, 0.15) is 17.5 Å². The summed E-state index contributed by atoms with van der Waals surface area (Å²) in [7, 11) is 5.54. The summed E-state index contributed by atoms with van der Waals surface area (Å²) in [5.74, 6) is 0.903. The van der Waals surface area contributed by atoms with Gasteiger partial charge in [0, 0.05) is 40.9 Å². The molecule has 0 spiro atoms. The Morgan fingerprint density at radius 1 is 1.23 bits per heavy atom. The zero-order chi connectivity index (χ0) is 16.2. The third kappa shape index (κ3) is 6.91. The Kier molecular flexibility index (Phi) is 9.26. The van der Waals surface area contributed by atoms with Gasteiger partial charge in [0.2, 0.25) is 0 Å². The molecule has 1 aromatic rings. The fourth-order valence-corrected chi connectivity index (χ4v) is 2.12. The minimum absolute atomic E-state index is 0.647. The second kappa shape index (κ2) is 11.0. The summed E-state index contributed by atoms with van der Waals surface area (Å²) in [6, 6.07) is 8.43. The number of ether oxygens (including phenoxy) is 2. The van der Waals surface area contributed by atoms with E-state index in [9.17, 15) is 0 Å². The van der Waals surface area contributed by atoms with Crippen molar-refractivity contribution in [2.45, 2.75) is 19.9 Å². The molecule has 0 heterocycles. The van der Waals surface area contributed by atoms with Crippen molar-refractivity contribution < 1.29 is 9.47 Å². The molecule has 0 atom stereocenters. The van der Waals surface area contributed by atoms with Gasteiger partial charge in [0.25, 0.3) is 0 Å². The lowest BCUT2D eigenvalue weighted by Gasteiger charge is -2.23. The zero-order valence-electron chi connectivity index (χ0n) is 14.3. The number of guanidine groups is 1. The maximum absolute atomic E-state index is 5.44. The first kappa shape index (κ1) is 18.5. The molecule has 0 aromatic heterocycles. The predicted molar refractivity (Wildman–Crippen MR) is 91.3 cm³/mol. The van der Waals surface area contributed by atoms with E-state index in [0.717, 1.165) is 32.1 Å². The molecule has 1 N–H and O–H groups in total. The average Bonchev–Trinajstić information content (AvgIpc) is 2.52. The van der Waals surface area contributed by atoms with Gasteiger partial charge >= 0.3 is 0 Å². The number of methoxy groups -OCH3 is 1. The van der Waals surface area contributed by atoms with Crippen LogP contribution in [0, 0.1) is 6.92 Å². The Balaban J connectivity index is 2.30. The van der Waals surface area contributed by atoms with Gasteiger partial charge in [0.05, 0.1) is 13.2 Å². The van der Waals surface area contributed by atoms with Crippen LogP contribution in [0.25, 0.3) is 0 Å². The number of hydrogen-bond donors (Lipinski definition) is 1. The van der Waals surface area contributed by atoms with E-state index in [1.54, 1.807) is 7.11 Å².